The Morgan fingerprint density at radius 1 is 1.03 bits per heavy atom. The predicted octanol–water partition coefficient (Wildman–Crippen LogP) is 9.23. The lowest BCUT2D eigenvalue weighted by Crippen LogP contribution is -2.53. The zero-order valence-electron chi connectivity index (χ0n) is 26.4. The highest BCUT2D eigenvalue weighted by Gasteiger charge is 2.61. The molecule has 0 amide bonds. The molecule has 0 N–H and O–H groups in total. The zero-order chi connectivity index (χ0) is 29.2. The van der Waals surface area contributed by atoms with Gasteiger partial charge in [-0.1, -0.05) is 70.5 Å². The maximum Gasteiger partial charge on any atom is 0.316 e. The second-order valence-electron chi connectivity index (χ2n) is 15.9. The molecule has 0 aromatic heterocycles. The van der Waals surface area contributed by atoms with Crippen molar-refractivity contribution in [1.82, 2.24) is 0 Å². The molecule has 1 aromatic carbocycles. The van der Waals surface area contributed by atoms with Gasteiger partial charge in [0.25, 0.3) is 0 Å². The molecule has 6 atom stereocenters. The first kappa shape index (κ1) is 31.3. The molecule has 220 valence electrons. The number of carbonyl (C=O) groups excluding carboxylic acids is 1. The number of benzene rings is 1. The lowest BCUT2D eigenvalue weighted by molar-refractivity contribution is -0.151. The van der Waals surface area contributed by atoms with E-state index in [-0.39, 0.29) is 39.0 Å². The smallest absolute Gasteiger partial charge is 0.316 e. The number of esters is 1. The minimum Gasteiger partial charge on any atom is -0.543 e. The van der Waals surface area contributed by atoms with Gasteiger partial charge in [-0.05, 0) is 115 Å². The third kappa shape index (κ3) is 5.85. The Morgan fingerprint density at radius 3 is 2.26 bits per heavy atom. The fourth-order valence-electron chi connectivity index (χ4n) is 7.03. The molecule has 3 aliphatic carbocycles. The monoisotopic (exact) mass is 636 g/mol. The molecular formula is C32H53BrO4Si2. The SMILES string of the molecule is CC12CCC3c4ccc(O[Si](C)(C)C(C)(C)C)cc4CCC3C1CC(OC(=O)CBr)C2O[Si](C)(C)C(C)(C)C. The van der Waals surface area contributed by atoms with Crippen LogP contribution in [0.25, 0.3) is 0 Å². The molecule has 0 spiro atoms. The van der Waals surface area contributed by atoms with Gasteiger partial charge in [0.05, 0.1) is 6.10 Å². The predicted molar refractivity (Wildman–Crippen MR) is 170 cm³/mol. The lowest BCUT2D eigenvalue weighted by Gasteiger charge is -2.52. The maximum atomic E-state index is 12.5. The highest BCUT2D eigenvalue weighted by molar-refractivity contribution is 9.09. The van der Waals surface area contributed by atoms with E-state index in [4.69, 9.17) is 13.6 Å². The summed E-state index contributed by atoms with van der Waals surface area (Å²) in [5.74, 6) is 2.53. The average molecular weight is 638 g/mol. The Hall–Kier alpha value is -0.636. The Bertz CT molecular complexity index is 1070. The first-order valence-electron chi connectivity index (χ1n) is 15.1. The van der Waals surface area contributed by atoms with Gasteiger partial charge in [-0.2, -0.15) is 0 Å². The Morgan fingerprint density at radius 2 is 1.67 bits per heavy atom. The van der Waals surface area contributed by atoms with Gasteiger partial charge >= 0.3 is 5.97 Å². The molecule has 39 heavy (non-hydrogen) atoms. The van der Waals surface area contributed by atoms with Crippen molar-refractivity contribution in [2.45, 2.75) is 135 Å². The summed E-state index contributed by atoms with van der Waals surface area (Å²) in [6.07, 6.45) is 5.28. The standard InChI is InChI=1S/C32H53BrO4Si2/c1-30(2,3)38(8,9)36-22-13-15-23-21(18-22)12-14-25-24(23)16-17-32(7)26(25)19-27(35-28(34)20-33)29(32)37-39(10,11)31(4,5)6/h13,15,18,24-27,29H,12,14,16-17,19-20H2,1-11H3. The number of hydrogen-bond acceptors (Lipinski definition) is 4. The average Bonchev–Trinajstić information content (AvgIpc) is 3.07. The number of carbonyl (C=O) groups is 1. The van der Waals surface area contributed by atoms with E-state index in [0.717, 1.165) is 25.0 Å². The fraction of sp³-hybridized carbons (Fsp3) is 0.781. The summed E-state index contributed by atoms with van der Waals surface area (Å²) in [5.41, 5.74) is 3.03. The van der Waals surface area contributed by atoms with Gasteiger partial charge in [0.2, 0.25) is 8.32 Å². The molecule has 0 aliphatic heterocycles. The number of alkyl halides is 1. The van der Waals surface area contributed by atoms with Crippen LogP contribution in [0.5, 0.6) is 5.75 Å². The van der Waals surface area contributed by atoms with Gasteiger partial charge in [0.1, 0.15) is 17.2 Å². The van der Waals surface area contributed by atoms with E-state index >= 15 is 0 Å². The van der Waals surface area contributed by atoms with Crippen LogP contribution in [0.1, 0.15) is 91.2 Å². The Labute approximate surface area is 248 Å². The van der Waals surface area contributed by atoms with Crippen molar-refractivity contribution >= 4 is 38.5 Å². The van der Waals surface area contributed by atoms with E-state index in [1.807, 2.05) is 0 Å². The molecule has 7 heteroatoms. The van der Waals surface area contributed by atoms with Crippen LogP contribution < -0.4 is 4.43 Å². The van der Waals surface area contributed by atoms with Gasteiger partial charge in [-0.25, -0.2) is 0 Å². The second-order valence-corrected chi connectivity index (χ2v) is 25.9. The van der Waals surface area contributed by atoms with Crippen LogP contribution in [0.2, 0.25) is 36.3 Å². The van der Waals surface area contributed by atoms with E-state index in [9.17, 15) is 4.79 Å². The summed E-state index contributed by atoms with van der Waals surface area (Å²) >= 11 is 3.32. The van der Waals surface area contributed by atoms with E-state index in [2.05, 4.69) is 109 Å². The van der Waals surface area contributed by atoms with Gasteiger partial charge in [0, 0.05) is 0 Å². The van der Waals surface area contributed by atoms with Crippen LogP contribution in [0.4, 0.5) is 0 Å². The normalized spacial score (nSPS) is 31.2. The van der Waals surface area contributed by atoms with E-state index in [1.54, 1.807) is 0 Å². The van der Waals surface area contributed by atoms with E-state index in [0.29, 0.717) is 17.8 Å². The van der Waals surface area contributed by atoms with E-state index < -0.39 is 16.6 Å². The van der Waals surface area contributed by atoms with Crippen molar-refractivity contribution in [1.29, 1.82) is 0 Å². The summed E-state index contributed by atoms with van der Waals surface area (Å²) in [6, 6.07) is 6.95. The van der Waals surface area contributed by atoms with Gasteiger partial charge in [-0.3, -0.25) is 4.79 Å². The van der Waals surface area contributed by atoms with Crippen LogP contribution in [0, 0.1) is 17.3 Å². The van der Waals surface area contributed by atoms with Gasteiger partial charge < -0.3 is 13.6 Å². The molecule has 2 fully saturated rings. The topological polar surface area (TPSA) is 44.8 Å². The summed E-state index contributed by atoms with van der Waals surface area (Å²) < 4.78 is 20.0. The van der Waals surface area contributed by atoms with Crippen LogP contribution in [-0.4, -0.2) is 40.1 Å². The Kier molecular flexibility index (Phi) is 8.49. The number of halogens is 1. The molecule has 4 nitrogen and oxygen atoms in total. The minimum absolute atomic E-state index is 0.0246. The van der Waals surface area contributed by atoms with Crippen molar-refractivity contribution in [2.24, 2.45) is 17.3 Å². The molecule has 1 aromatic rings. The van der Waals surface area contributed by atoms with Crippen LogP contribution >= 0.6 is 15.9 Å². The van der Waals surface area contributed by atoms with Crippen molar-refractivity contribution < 1.29 is 18.4 Å². The Balaban J connectivity index is 1.61. The highest BCUT2D eigenvalue weighted by Crippen LogP contribution is 2.63. The van der Waals surface area contributed by atoms with E-state index in [1.165, 1.54) is 24.0 Å². The molecule has 0 bridgehead atoms. The first-order chi connectivity index (χ1) is 17.8. The zero-order valence-corrected chi connectivity index (χ0v) is 30.0. The van der Waals surface area contributed by atoms with Crippen molar-refractivity contribution in [2.75, 3.05) is 5.33 Å². The molecule has 3 aliphatic rings. The maximum absolute atomic E-state index is 12.5. The van der Waals surface area contributed by atoms with Crippen LogP contribution in [-0.2, 0) is 20.4 Å². The molecular weight excluding hydrogens is 584 g/mol. The van der Waals surface area contributed by atoms with Gasteiger partial charge in [-0.15, -0.1) is 0 Å². The van der Waals surface area contributed by atoms with Gasteiger partial charge in [0.15, 0.2) is 8.32 Å². The van der Waals surface area contributed by atoms with Crippen molar-refractivity contribution in [3.8, 4) is 5.75 Å². The molecule has 4 rings (SSSR count). The minimum atomic E-state index is -2.05. The largest absolute Gasteiger partial charge is 0.543 e. The highest BCUT2D eigenvalue weighted by atomic mass is 79.9. The van der Waals surface area contributed by atoms with Crippen LogP contribution in [0.15, 0.2) is 18.2 Å². The molecule has 6 unspecified atom stereocenters. The summed E-state index contributed by atoms with van der Waals surface area (Å²) in [4.78, 5) is 12.5. The lowest BCUT2D eigenvalue weighted by atomic mass is 9.55. The summed E-state index contributed by atoms with van der Waals surface area (Å²) in [7, 11) is -3.92. The summed E-state index contributed by atoms with van der Waals surface area (Å²) in [6.45, 7) is 25.5. The number of hydrogen-bond donors (Lipinski definition) is 0. The number of aryl methyl sites for hydroxylation is 1. The van der Waals surface area contributed by atoms with Crippen molar-refractivity contribution in [3.63, 3.8) is 0 Å². The third-order valence-electron chi connectivity index (χ3n) is 11.4. The molecule has 0 radical (unpaired) electrons. The fourth-order valence-corrected chi connectivity index (χ4v) is 9.59. The number of ether oxygens (including phenoxy) is 1. The van der Waals surface area contributed by atoms with Crippen LogP contribution in [0.3, 0.4) is 0 Å². The van der Waals surface area contributed by atoms with Crippen molar-refractivity contribution in [3.05, 3.63) is 29.3 Å². The molecule has 0 heterocycles. The number of rotatable bonds is 6. The quantitative estimate of drug-likeness (QED) is 0.177. The third-order valence-corrected chi connectivity index (χ3v) is 20.7. The molecule has 0 saturated heterocycles. The molecule has 2 saturated carbocycles. The number of fused-ring (bicyclic) bond motifs is 5. The second kappa shape index (κ2) is 10.6. The summed E-state index contributed by atoms with van der Waals surface area (Å²) in [5, 5.41) is 0.523. The first-order valence-corrected chi connectivity index (χ1v) is 22.0.